The normalized spacial score (nSPS) is 10.9. The molecule has 28 heavy (non-hydrogen) atoms. The van der Waals surface area contributed by atoms with Crippen LogP contribution in [0.25, 0.3) is 0 Å². The maximum Gasteiger partial charge on any atom is 0.337 e. The van der Waals surface area contributed by atoms with Gasteiger partial charge in [0.15, 0.2) is 0 Å². The fourth-order valence-corrected chi connectivity index (χ4v) is 5.14. The summed E-state index contributed by atoms with van der Waals surface area (Å²) in [6.07, 6.45) is -0.145. The molecule has 0 aliphatic rings. The fourth-order valence-electron chi connectivity index (χ4n) is 2.20. The van der Waals surface area contributed by atoms with E-state index in [1.54, 1.807) is 0 Å². The molecule has 0 unspecified atom stereocenters. The maximum absolute atomic E-state index is 13.0. The van der Waals surface area contributed by atoms with Crippen molar-refractivity contribution < 1.29 is 19.4 Å². The highest BCUT2D eigenvalue weighted by Gasteiger charge is 2.28. The molecule has 0 spiro atoms. The third kappa shape index (κ3) is 5.05. The van der Waals surface area contributed by atoms with Crippen LogP contribution in [0.2, 0.25) is 10.0 Å². The average molecular weight is 684 g/mol. The second-order valence-corrected chi connectivity index (χ2v) is 9.68. The van der Waals surface area contributed by atoms with E-state index in [0.29, 0.717) is 19.7 Å². The first-order chi connectivity index (χ1) is 13.0. The Balaban J connectivity index is 2.56. The van der Waals surface area contributed by atoms with Gasteiger partial charge < -0.3 is 15.2 Å². The van der Waals surface area contributed by atoms with Crippen LogP contribution in [0, 0.1) is 0 Å². The van der Waals surface area contributed by atoms with Gasteiger partial charge >= 0.3 is 5.97 Å². The third-order valence-electron chi connectivity index (χ3n) is 3.34. The smallest absolute Gasteiger partial charge is 0.337 e. The van der Waals surface area contributed by atoms with Crippen LogP contribution in [0.3, 0.4) is 0 Å². The summed E-state index contributed by atoms with van der Waals surface area (Å²) >= 11 is 25.4. The molecule has 0 saturated carbocycles. The van der Waals surface area contributed by atoms with Gasteiger partial charge in [-0.25, -0.2) is 4.79 Å². The number of anilines is 1. The minimum Gasteiger partial charge on any atom is -0.489 e. The van der Waals surface area contributed by atoms with Crippen LogP contribution in [-0.2, 0) is 0 Å². The lowest BCUT2D eigenvalue weighted by Crippen LogP contribution is -2.19. The molecule has 0 aromatic heterocycles. The second-order valence-electron chi connectivity index (χ2n) is 5.69. The molecule has 150 valence electrons. The van der Waals surface area contributed by atoms with E-state index in [-0.39, 0.29) is 36.9 Å². The van der Waals surface area contributed by atoms with Crippen molar-refractivity contribution in [3.8, 4) is 5.75 Å². The molecule has 0 aliphatic heterocycles. The van der Waals surface area contributed by atoms with E-state index in [4.69, 9.17) is 27.9 Å². The molecule has 0 aliphatic carbocycles. The number of hydrogen-bond acceptors (Lipinski definition) is 3. The molecule has 2 N–H and O–H groups in total. The lowest BCUT2D eigenvalue weighted by Gasteiger charge is -2.17. The van der Waals surface area contributed by atoms with Crippen LogP contribution in [0.5, 0.6) is 5.75 Å². The summed E-state index contributed by atoms with van der Waals surface area (Å²) < 4.78 is 7.00. The Morgan fingerprint density at radius 2 is 1.50 bits per heavy atom. The topological polar surface area (TPSA) is 75.6 Å². The van der Waals surface area contributed by atoms with Crippen molar-refractivity contribution >= 4 is 104 Å². The van der Waals surface area contributed by atoms with Gasteiger partial charge in [0.25, 0.3) is 5.91 Å². The quantitative estimate of drug-likeness (QED) is 0.250. The summed E-state index contributed by atoms with van der Waals surface area (Å²) in [6.45, 7) is 3.66. The summed E-state index contributed by atoms with van der Waals surface area (Å²) in [7, 11) is 0. The van der Waals surface area contributed by atoms with Gasteiger partial charge in [0.2, 0.25) is 0 Å². The first-order valence-electron chi connectivity index (χ1n) is 7.51. The average Bonchev–Trinajstić information content (AvgIpc) is 2.59. The van der Waals surface area contributed by atoms with Gasteiger partial charge in [0.05, 0.1) is 33.0 Å². The summed E-state index contributed by atoms with van der Waals surface area (Å²) in [5.41, 5.74) is -0.0832. The number of halogens is 6. The van der Waals surface area contributed by atoms with E-state index in [1.165, 1.54) is 12.1 Å². The number of carboxylic acid groups (broad SMARTS) is 1. The minimum atomic E-state index is -1.28. The highest BCUT2D eigenvalue weighted by Crippen LogP contribution is 2.43. The molecule has 0 bridgehead atoms. The van der Waals surface area contributed by atoms with Gasteiger partial charge in [0, 0.05) is 24.0 Å². The highest BCUT2D eigenvalue weighted by molar-refractivity contribution is 9.15. The number of benzene rings is 2. The number of nitrogens with one attached hydrogen (secondary N) is 1. The van der Waals surface area contributed by atoms with Crippen molar-refractivity contribution in [1.29, 1.82) is 0 Å². The highest BCUT2D eigenvalue weighted by atomic mass is 79.9. The number of carbonyl (C=O) groups is 2. The lowest BCUT2D eigenvalue weighted by molar-refractivity contribution is 0.0691. The van der Waals surface area contributed by atoms with Crippen molar-refractivity contribution in [1.82, 2.24) is 0 Å². The fraction of sp³-hybridized carbons (Fsp3) is 0.176. The zero-order valence-electron chi connectivity index (χ0n) is 14.2. The zero-order valence-corrected chi connectivity index (χ0v) is 22.0. The van der Waals surface area contributed by atoms with Crippen molar-refractivity contribution in [3.05, 3.63) is 51.2 Å². The largest absolute Gasteiger partial charge is 0.489 e. The van der Waals surface area contributed by atoms with Crippen molar-refractivity contribution in [2.45, 2.75) is 20.0 Å². The Morgan fingerprint density at radius 1 is 0.964 bits per heavy atom. The summed E-state index contributed by atoms with van der Waals surface area (Å²) in [5.74, 6) is -1.62. The molecule has 0 heterocycles. The van der Waals surface area contributed by atoms with Gasteiger partial charge in [-0.1, -0.05) is 23.2 Å². The van der Waals surface area contributed by atoms with Crippen LogP contribution in [0.15, 0.2) is 30.0 Å². The number of aromatic carboxylic acids is 1. The number of amides is 1. The van der Waals surface area contributed by atoms with E-state index >= 15 is 0 Å². The molecular formula is C17H11Br4Cl2NO4. The van der Waals surface area contributed by atoms with Crippen LogP contribution in [-0.4, -0.2) is 23.1 Å². The SMILES string of the molecule is CC(C)Oc1cc(NC(=O)c2c(Br)c(Br)c(Br)c(Br)c2C(=O)O)c(Cl)cc1Cl. The second kappa shape index (κ2) is 9.66. The summed E-state index contributed by atoms with van der Waals surface area (Å²) in [5, 5.41) is 12.7. The number of hydrogen-bond donors (Lipinski definition) is 2. The number of carboxylic acids is 1. The van der Waals surface area contributed by atoms with Crippen molar-refractivity contribution in [2.75, 3.05) is 5.32 Å². The number of carbonyl (C=O) groups excluding carboxylic acids is 1. The number of rotatable bonds is 5. The molecule has 5 nitrogen and oxygen atoms in total. The first kappa shape index (κ1) is 24.0. The predicted octanol–water partition coefficient (Wildman–Crippen LogP) is 7.78. The monoisotopic (exact) mass is 679 g/mol. The van der Waals surface area contributed by atoms with Crippen LogP contribution in [0.4, 0.5) is 5.69 Å². The van der Waals surface area contributed by atoms with Crippen LogP contribution in [0.1, 0.15) is 34.6 Å². The molecule has 11 heteroatoms. The molecule has 0 fully saturated rings. The van der Waals surface area contributed by atoms with Gasteiger partial charge in [-0.15, -0.1) is 0 Å². The van der Waals surface area contributed by atoms with E-state index < -0.39 is 11.9 Å². The van der Waals surface area contributed by atoms with E-state index in [1.807, 2.05) is 13.8 Å². The Kier molecular flexibility index (Phi) is 8.26. The number of ether oxygens (including phenoxy) is 1. The molecule has 2 aromatic carbocycles. The first-order valence-corrected chi connectivity index (χ1v) is 11.4. The molecule has 1 amide bonds. The van der Waals surface area contributed by atoms with E-state index in [0.717, 1.165) is 0 Å². The van der Waals surface area contributed by atoms with Crippen LogP contribution >= 0.6 is 86.9 Å². The molecular weight excluding hydrogens is 673 g/mol. The van der Waals surface area contributed by atoms with Crippen molar-refractivity contribution in [2.24, 2.45) is 0 Å². The molecule has 0 atom stereocenters. The maximum atomic E-state index is 13.0. The van der Waals surface area contributed by atoms with Gasteiger partial charge in [-0.2, -0.15) is 0 Å². The van der Waals surface area contributed by atoms with Gasteiger partial charge in [0.1, 0.15) is 5.75 Å². The molecule has 2 aromatic rings. The van der Waals surface area contributed by atoms with E-state index in [2.05, 4.69) is 69.0 Å². The standard InChI is InChI=1S/C17H11Br4Cl2NO4/c1-5(2)28-9-4-8(6(22)3-7(9)23)24-16(25)10-11(17(26)27)13(19)15(21)14(20)12(10)18/h3-5H,1-2H3,(H,24,25)(H,26,27). The Bertz CT molecular complexity index is 983. The zero-order chi connectivity index (χ0) is 21.3. The predicted molar refractivity (Wildman–Crippen MR) is 124 cm³/mol. The lowest BCUT2D eigenvalue weighted by atomic mass is 10.1. The Hall–Kier alpha value is -0.320. The minimum absolute atomic E-state index is 0.0909. The Labute approximate surface area is 204 Å². The van der Waals surface area contributed by atoms with Crippen molar-refractivity contribution in [3.63, 3.8) is 0 Å². The summed E-state index contributed by atoms with van der Waals surface area (Å²) in [4.78, 5) is 24.7. The molecule has 0 saturated heterocycles. The summed E-state index contributed by atoms with van der Waals surface area (Å²) in [6, 6.07) is 2.93. The third-order valence-corrected chi connectivity index (χ3v) is 8.72. The van der Waals surface area contributed by atoms with Gasteiger partial charge in [-0.05, 0) is 83.6 Å². The van der Waals surface area contributed by atoms with E-state index in [9.17, 15) is 14.7 Å². The molecule has 2 rings (SSSR count). The van der Waals surface area contributed by atoms with Crippen LogP contribution < -0.4 is 10.1 Å². The van der Waals surface area contributed by atoms with Gasteiger partial charge in [-0.3, -0.25) is 4.79 Å². The molecule has 0 radical (unpaired) electrons. The Morgan fingerprint density at radius 3 is 2.00 bits per heavy atom.